The van der Waals surface area contributed by atoms with Crippen LogP contribution in [0.1, 0.15) is 38.8 Å². The summed E-state index contributed by atoms with van der Waals surface area (Å²) >= 11 is 1.59. The lowest BCUT2D eigenvalue weighted by molar-refractivity contribution is -0.131. The number of thiazole rings is 1. The molecule has 2 atom stereocenters. The Hall–Kier alpha value is -1.62. The van der Waals surface area contributed by atoms with E-state index in [1.165, 1.54) is 6.42 Å². The summed E-state index contributed by atoms with van der Waals surface area (Å²) in [5.41, 5.74) is 0.951. The smallest absolute Gasteiger partial charge is 0.247 e. The predicted molar refractivity (Wildman–Crippen MR) is 81.7 cm³/mol. The van der Waals surface area contributed by atoms with E-state index in [9.17, 15) is 4.79 Å². The molecule has 0 aliphatic carbocycles. The quantitative estimate of drug-likeness (QED) is 0.796. The normalized spacial score (nSPS) is 23.8. The first-order valence-corrected chi connectivity index (χ1v) is 7.95. The molecule has 20 heavy (non-hydrogen) atoms. The number of piperidine rings is 1. The van der Waals surface area contributed by atoms with E-state index < -0.39 is 0 Å². The van der Waals surface area contributed by atoms with Gasteiger partial charge >= 0.3 is 0 Å². The fourth-order valence-corrected chi connectivity index (χ4v) is 3.66. The van der Waals surface area contributed by atoms with Gasteiger partial charge in [0.25, 0.3) is 0 Å². The number of hydrogen-bond donors (Lipinski definition) is 0. The summed E-state index contributed by atoms with van der Waals surface area (Å²) in [6.07, 6.45) is 10.7. The van der Waals surface area contributed by atoms with E-state index in [0.717, 1.165) is 23.5 Å². The molecule has 3 rings (SSSR count). The molecule has 2 unspecified atom stereocenters. The Morgan fingerprint density at radius 3 is 2.90 bits per heavy atom. The number of rotatable bonds is 2. The average Bonchev–Trinajstić information content (AvgIpc) is 2.99. The minimum Gasteiger partial charge on any atom is -0.334 e. The number of imidazole rings is 1. The molecule has 0 aromatic carbocycles. The van der Waals surface area contributed by atoms with Gasteiger partial charge in [0.15, 0.2) is 4.96 Å². The number of likely N-dealkylation sites (tertiary alicyclic amines) is 1. The Kier molecular flexibility index (Phi) is 3.61. The minimum atomic E-state index is 0.106. The van der Waals surface area contributed by atoms with E-state index in [1.54, 1.807) is 23.6 Å². The van der Waals surface area contributed by atoms with Gasteiger partial charge in [-0.25, -0.2) is 4.98 Å². The third kappa shape index (κ3) is 2.38. The molecule has 5 heteroatoms. The van der Waals surface area contributed by atoms with E-state index in [-0.39, 0.29) is 5.91 Å². The molecule has 106 valence electrons. The van der Waals surface area contributed by atoms with Crippen LogP contribution in [0, 0.1) is 0 Å². The van der Waals surface area contributed by atoms with Crippen LogP contribution in [-0.2, 0) is 4.79 Å². The van der Waals surface area contributed by atoms with Gasteiger partial charge in [0.05, 0.1) is 11.9 Å². The van der Waals surface area contributed by atoms with Gasteiger partial charge in [0, 0.05) is 29.7 Å². The Labute approximate surface area is 122 Å². The van der Waals surface area contributed by atoms with E-state index in [2.05, 4.69) is 18.8 Å². The second-order valence-electron chi connectivity index (χ2n) is 5.45. The van der Waals surface area contributed by atoms with Crippen molar-refractivity contribution in [2.45, 2.75) is 45.2 Å². The molecule has 0 N–H and O–H groups in total. The maximum atomic E-state index is 12.4. The summed E-state index contributed by atoms with van der Waals surface area (Å²) in [6, 6.07) is 0.671. The summed E-state index contributed by atoms with van der Waals surface area (Å²) in [4.78, 5) is 19.7. The Morgan fingerprint density at radius 2 is 2.15 bits per heavy atom. The molecule has 0 saturated carbocycles. The second-order valence-corrected chi connectivity index (χ2v) is 6.32. The van der Waals surface area contributed by atoms with Crippen LogP contribution in [-0.4, -0.2) is 32.3 Å². The molecule has 0 spiro atoms. The molecule has 0 radical (unpaired) electrons. The standard InChI is InChI=1S/C15H19N3OS/c1-11-4-3-5-12(2)18(11)14(19)7-6-13-10-16-15-17(13)8-9-20-15/h6-12H,3-5H2,1-2H3/b7-6+. The van der Waals surface area contributed by atoms with E-state index in [0.29, 0.717) is 12.1 Å². The van der Waals surface area contributed by atoms with Crippen LogP contribution in [0.2, 0.25) is 0 Å². The number of amides is 1. The lowest BCUT2D eigenvalue weighted by Crippen LogP contribution is -2.46. The molecule has 1 saturated heterocycles. The summed E-state index contributed by atoms with van der Waals surface area (Å²) in [6.45, 7) is 4.27. The Balaban J connectivity index is 1.78. The van der Waals surface area contributed by atoms with E-state index in [4.69, 9.17) is 0 Å². The first kappa shape index (κ1) is 13.4. The highest BCUT2D eigenvalue weighted by molar-refractivity contribution is 7.15. The first-order chi connectivity index (χ1) is 9.66. The largest absolute Gasteiger partial charge is 0.334 e. The van der Waals surface area contributed by atoms with E-state index >= 15 is 0 Å². The molecular formula is C15H19N3OS. The summed E-state index contributed by atoms with van der Waals surface area (Å²) in [5, 5.41) is 2.00. The number of carbonyl (C=O) groups is 1. The van der Waals surface area contributed by atoms with Crippen LogP contribution in [0.5, 0.6) is 0 Å². The van der Waals surface area contributed by atoms with Crippen molar-refractivity contribution in [1.29, 1.82) is 0 Å². The van der Waals surface area contributed by atoms with Gasteiger partial charge in [0.1, 0.15) is 0 Å². The SMILES string of the molecule is CC1CCCC(C)N1C(=O)/C=C/c1cnc2sccn12. The fraction of sp³-hybridized carbons (Fsp3) is 0.467. The van der Waals surface area contributed by atoms with Crippen LogP contribution >= 0.6 is 11.3 Å². The highest BCUT2D eigenvalue weighted by atomic mass is 32.1. The van der Waals surface area contributed by atoms with Gasteiger partial charge in [-0.1, -0.05) is 0 Å². The lowest BCUT2D eigenvalue weighted by Gasteiger charge is -2.38. The minimum absolute atomic E-state index is 0.106. The third-order valence-electron chi connectivity index (χ3n) is 4.02. The number of nitrogens with zero attached hydrogens (tertiary/aromatic N) is 3. The van der Waals surface area contributed by atoms with Crippen LogP contribution in [0.15, 0.2) is 23.8 Å². The van der Waals surface area contributed by atoms with Crippen molar-refractivity contribution in [2.75, 3.05) is 0 Å². The zero-order valence-corrected chi connectivity index (χ0v) is 12.6. The maximum Gasteiger partial charge on any atom is 0.247 e. The molecule has 0 bridgehead atoms. The topological polar surface area (TPSA) is 37.6 Å². The third-order valence-corrected chi connectivity index (χ3v) is 4.79. The molecular weight excluding hydrogens is 270 g/mol. The van der Waals surface area contributed by atoms with Crippen LogP contribution in [0.4, 0.5) is 0 Å². The monoisotopic (exact) mass is 289 g/mol. The van der Waals surface area contributed by atoms with Crippen molar-refractivity contribution in [3.8, 4) is 0 Å². The molecule has 1 aliphatic rings. The number of fused-ring (bicyclic) bond motifs is 1. The maximum absolute atomic E-state index is 12.4. The summed E-state index contributed by atoms with van der Waals surface area (Å²) in [7, 11) is 0. The molecule has 2 aromatic heterocycles. The van der Waals surface area contributed by atoms with Gasteiger partial charge in [-0.15, -0.1) is 11.3 Å². The Bertz CT molecular complexity index is 632. The first-order valence-electron chi connectivity index (χ1n) is 7.08. The molecule has 3 heterocycles. The molecule has 1 aliphatic heterocycles. The van der Waals surface area contributed by atoms with Crippen LogP contribution in [0.25, 0.3) is 11.0 Å². The number of aromatic nitrogens is 2. The number of hydrogen-bond acceptors (Lipinski definition) is 3. The lowest BCUT2D eigenvalue weighted by atomic mass is 9.97. The van der Waals surface area contributed by atoms with E-state index in [1.807, 2.05) is 27.0 Å². The highest BCUT2D eigenvalue weighted by Crippen LogP contribution is 2.23. The summed E-state index contributed by atoms with van der Waals surface area (Å²) in [5.74, 6) is 0.106. The molecule has 1 fully saturated rings. The zero-order valence-electron chi connectivity index (χ0n) is 11.8. The van der Waals surface area contributed by atoms with Crippen molar-refractivity contribution >= 4 is 28.3 Å². The van der Waals surface area contributed by atoms with Crippen molar-refractivity contribution in [1.82, 2.24) is 14.3 Å². The molecule has 2 aromatic rings. The predicted octanol–water partition coefficient (Wildman–Crippen LogP) is 3.20. The van der Waals surface area contributed by atoms with Gasteiger partial charge in [-0.3, -0.25) is 9.20 Å². The average molecular weight is 289 g/mol. The van der Waals surface area contributed by atoms with Crippen molar-refractivity contribution in [3.63, 3.8) is 0 Å². The zero-order chi connectivity index (χ0) is 14.1. The van der Waals surface area contributed by atoms with Gasteiger partial charge in [0.2, 0.25) is 5.91 Å². The molecule has 1 amide bonds. The van der Waals surface area contributed by atoms with Crippen LogP contribution < -0.4 is 0 Å². The van der Waals surface area contributed by atoms with Gasteiger partial charge in [-0.2, -0.15) is 0 Å². The fourth-order valence-electron chi connectivity index (χ4n) is 2.97. The number of carbonyl (C=O) groups excluding carboxylic acids is 1. The Morgan fingerprint density at radius 1 is 1.40 bits per heavy atom. The summed E-state index contributed by atoms with van der Waals surface area (Å²) < 4.78 is 2.00. The highest BCUT2D eigenvalue weighted by Gasteiger charge is 2.27. The molecule has 4 nitrogen and oxygen atoms in total. The second kappa shape index (κ2) is 5.40. The van der Waals surface area contributed by atoms with Crippen molar-refractivity contribution in [2.24, 2.45) is 0 Å². The van der Waals surface area contributed by atoms with Gasteiger partial charge < -0.3 is 4.90 Å². The van der Waals surface area contributed by atoms with Crippen molar-refractivity contribution < 1.29 is 4.79 Å². The van der Waals surface area contributed by atoms with Crippen LogP contribution in [0.3, 0.4) is 0 Å². The van der Waals surface area contributed by atoms with Gasteiger partial charge in [-0.05, 0) is 39.2 Å². The van der Waals surface area contributed by atoms with Crippen molar-refractivity contribution in [3.05, 3.63) is 29.5 Å².